The summed E-state index contributed by atoms with van der Waals surface area (Å²) in [6.45, 7) is 8.29. The number of benzene rings is 1. The van der Waals surface area contributed by atoms with E-state index < -0.39 is 0 Å². The zero-order valence-electron chi connectivity index (χ0n) is 11.1. The number of hydrogen-bond acceptors (Lipinski definition) is 2. The molecule has 17 heavy (non-hydrogen) atoms. The summed E-state index contributed by atoms with van der Waals surface area (Å²) in [6, 6.07) is 8.37. The second-order valence-corrected chi connectivity index (χ2v) is 5.43. The van der Waals surface area contributed by atoms with Crippen molar-refractivity contribution in [2.45, 2.75) is 45.7 Å². The minimum atomic E-state index is 0.276. The summed E-state index contributed by atoms with van der Waals surface area (Å²) in [5, 5.41) is 3.65. The fourth-order valence-corrected chi connectivity index (χ4v) is 2.15. The van der Waals surface area contributed by atoms with Crippen LogP contribution in [0.4, 0.5) is 0 Å². The molecular formula is C15H23NO. The molecule has 0 aliphatic heterocycles. The Morgan fingerprint density at radius 2 is 1.88 bits per heavy atom. The lowest BCUT2D eigenvalue weighted by Crippen LogP contribution is -2.40. The van der Waals surface area contributed by atoms with Crippen molar-refractivity contribution in [1.82, 2.24) is 5.32 Å². The number of rotatable bonds is 6. The highest BCUT2D eigenvalue weighted by molar-refractivity contribution is 5.27. The smallest absolute Gasteiger partial charge is 0.119 e. The van der Waals surface area contributed by atoms with Gasteiger partial charge in [-0.1, -0.05) is 12.1 Å². The van der Waals surface area contributed by atoms with Gasteiger partial charge >= 0.3 is 0 Å². The highest BCUT2D eigenvalue weighted by atomic mass is 16.5. The first-order valence-corrected chi connectivity index (χ1v) is 6.58. The van der Waals surface area contributed by atoms with Gasteiger partial charge in [0, 0.05) is 12.1 Å². The fourth-order valence-electron chi connectivity index (χ4n) is 2.15. The summed E-state index contributed by atoms with van der Waals surface area (Å²) in [5.74, 6) is 1.82. The Labute approximate surface area is 104 Å². The highest BCUT2D eigenvalue weighted by Gasteiger charge is 2.36. The van der Waals surface area contributed by atoms with Crippen LogP contribution in [0.5, 0.6) is 5.75 Å². The lowest BCUT2D eigenvalue weighted by molar-refractivity contribution is 0.336. The second-order valence-electron chi connectivity index (χ2n) is 5.43. The van der Waals surface area contributed by atoms with Crippen LogP contribution in [-0.4, -0.2) is 12.1 Å². The van der Waals surface area contributed by atoms with Gasteiger partial charge in [-0.25, -0.2) is 0 Å². The Morgan fingerprint density at radius 3 is 2.41 bits per heavy atom. The zero-order chi connectivity index (χ0) is 12.3. The lowest BCUT2D eigenvalue weighted by atomic mass is 9.98. The molecule has 1 N–H and O–H groups in total. The first-order chi connectivity index (χ1) is 8.12. The average molecular weight is 233 g/mol. The van der Waals surface area contributed by atoms with Crippen molar-refractivity contribution in [2.24, 2.45) is 5.92 Å². The third-order valence-electron chi connectivity index (χ3n) is 3.58. The van der Waals surface area contributed by atoms with E-state index in [1.165, 1.54) is 18.4 Å². The molecule has 1 saturated carbocycles. The molecule has 1 fully saturated rings. The summed E-state index contributed by atoms with van der Waals surface area (Å²) in [5.41, 5.74) is 1.60. The minimum Gasteiger partial charge on any atom is -0.494 e. The van der Waals surface area contributed by atoms with Crippen molar-refractivity contribution >= 4 is 0 Å². The summed E-state index contributed by atoms with van der Waals surface area (Å²) >= 11 is 0. The van der Waals surface area contributed by atoms with Crippen LogP contribution in [0, 0.1) is 5.92 Å². The van der Waals surface area contributed by atoms with Crippen LogP contribution in [0.2, 0.25) is 0 Å². The molecule has 2 nitrogen and oxygen atoms in total. The molecule has 1 aromatic carbocycles. The second kappa shape index (κ2) is 5.09. The molecule has 0 amide bonds. The first kappa shape index (κ1) is 12.4. The van der Waals surface area contributed by atoms with Crippen molar-refractivity contribution in [3.63, 3.8) is 0 Å². The summed E-state index contributed by atoms with van der Waals surface area (Å²) in [6.07, 6.45) is 2.76. The van der Waals surface area contributed by atoms with E-state index in [9.17, 15) is 0 Å². The molecule has 1 aliphatic carbocycles. The average Bonchev–Trinajstić information content (AvgIpc) is 3.13. The quantitative estimate of drug-likeness (QED) is 0.813. The molecule has 94 valence electrons. The van der Waals surface area contributed by atoms with Crippen LogP contribution >= 0.6 is 0 Å². The van der Waals surface area contributed by atoms with Crippen LogP contribution in [0.25, 0.3) is 0 Å². The maximum atomic E-state index is 5.43. The molecule has 1 aliphatic rings. The van der Waals surface area contributed by atoms with Crippen molar-refractivity contribution in [2.75, 3.05) is 6.61 Å². The number of nitrogens with one attached hydrogen (secondary N) is 1. The van der Waals surface area contributed by atoms with Gasteiger partial charge in [-0.15, -0.1) is 0 Å². The topological polar surface area (TPSA) is 21.3 Å². The van der Waals surface area contributed by atoms with Crippen molar-refractivity contribution < 1.29 is 4.74 Å². The molecule has 2 rings (SSSR count). The van der Waals surface area contributed by atoms with E-state index in [4.69, 9.17) is 4.74 Å². The van der Waals surface area contributed by atoms with Gasteiger partial charge in [-0.05, 0) is 57.2 Å². The van der Waals surface area contributed by atoms with Gasteiger partial charge in [0.25, 0.3) is 0 Å². The van der Waals surface area contributed by atoms with Crippen LogP contribution in [0.1, 0.15) is 39.2 Å². The number of ether oxygens (including phenoxy) is 1. The maximum absolute atomic E-state index is 5.43. The summed E-state index contributed by atoms with van der Waals surface area (Å²) in [4.78, 5) is 0. The molecule has 0 heterocycles. The van der Waals surface area contributed by atoms with E-state index in [0.717, 1.165) is 24.8 Å². The molecular weight excluding hydrogens is 210 g/mol. The van der Waals surface area contributed by atoms with E-state index >= 15 is 0 Å². The third-order valence-corrected chi connectivity index (χ3v) is 3.58. The SMILES string of the molecule is CCOc1ccc(CNC(C)(C)C2CC2)cc1. The molecule has 0 aromatic heterocycles. The van der Waals surface area contributed by atoms with Crippen molar-refractivity contribution in [3.05, 3.63) is 29.8 Å². The van der Waals surface area contributed by atoms with Gasteiger partial charge in [0.1, 0.15) is 5.75 Å². The summed E-state index contributed by atoms with van der Waals surface area (Å²) < 4.78 is 5.43. The molecule has 0 radical (unpaired) electrons. The maximum Gasteiger partial charge on any atom is 0.119 e. The Kier molecular flexibility index (Phi) is 3.72. The molecule has 0 bridgehead atoms. The lowest BCUT2D eigenvalue weighted by Gasteiger charge is -2.26. The third kappa shape index (κ3) is 3.47. The van der Waals surface area contributed by atoms with Gasteiger partial charge in [0.15, 0.2) is 0 Å². The van der Waals surface area contributed by atoms with Crippen LogP contribution in [0.15, 0.2) is 24.3 Å². The molecule has 0 unspecified atom stereocenters. The van der Waals surface area contributed by atoms with Gasteiger partial charge in [0.05, 0.1) is 6.61 Å². The molecule has 0 atom stereocenters. The molecule has 0 spiro atoms. The monoisotopic (exact) mass is 233 g/mol. The Balaban J connectivity index is 1.86. The van der Waals surface area contributed by atoms with Gasteiger partial charge in [0.2, 0.25) is 0 Å². The van der Waals surface area contributed by atoms with Crippen molar-refractivity contribution in [3.8, 4) is 5.75 Å². The Hall–Kier alpha value is -1.02. The van der Waals surface area contributed by atoms with Gasteiger partial charge in [-0.2, -0.15) is 0 Å². The van der Waals surface area contributed by atoms with Crippen LogP contribution < -0.4 is 10.1 Å². The highest BCUT2D eigenvalue weighted by Crippen LogP contribution is 2.39. The standard InChI is InChI=1S/C15H23NO/c1-4-17-14-9-5-12(6-10-14)11-16-15(2,3)13-7-8-13/h5-6,9-10,13,16H,4,7-8,11H2,1-3H3. The van der Waals surface area contributed by atoms with E-state index in [1.54, 1.807) is 0 Å². The van der Waals surface area contributed by atoms with Gasteiger partial charge < -0.3 is 10.1 Å². The molecule has 2 heteroatoms. The van der Waals surface area contributed by atoms with E-state index in [-0.39, 0.29) is 5.54 Å². The van der Waals surface area contributed by atoms with Crippen molar-refractivity contribution in [1.29, 1.82) is 0 Å². The minimum absolute atomic E-state index is 0.276. The molecule has 0 saturated heterocycles. The number of hydrogen-bond donors (Lipinski definition) is 1. The molecule has 1 aromatic rings. The van der Waals surface area contributed by atoms with E-state index in [1.807, 2.05) is 19.1 Å². The predicted octanol–water partition coefficient (Wildman–Crippen LogP) is 3.36. The first-order valence-electron chi connectivity index (χ1n) is 6.58. The fraction of sp³-hybridized carbons (Fsp3) is 0.600. The Bertz CT molecular complexity index is 352. The summed E-state index contributed by atoms with van der Waals surface area (Å²) in [7, 11) is 0. The largest absolute Gasteiger partial charge is 0.494 e. The Morgan fingerprint density at radius 1 is 1.24 bits per heavy atom. The van der Waals surface area contributed by atoms with Crippen LogP contribution in [-0.2, 0) is 6.54 Å². The van der Waals surface area contributed by atoms with E-state index in [0.29, 0.717) is 0 Å². The van der Waals surface area contributed by atoms with Gasteiger partial charge in [-0.3, -0.25) is 0 Å². The zero-order valence-corrected chi connectivity index (χ0v) is 11.1. The van der Waals surface area contributed by atoms with Crippen LogP contribution in [0.3, 0.4) is 0 Å². The normalized spacial score (nSPS) is 15.9. The predicted molar refractivity (Wildman–Crippen MR) is 71.3 cm³/mol. The van der Waals surface area contributed by atoms with E-state index in [2.05, 4.69) is 31.3 Å².